The van der Waals surface area contributed by atoms with Gasteiger partial charge >= 0.3 is 0 Å². The lowest BCUT2D eigenvalue weighted by molar-refractivity contribution is 0.619. The van der Waals surface area contributed by atoms with Crippen LogP contribution in [-0.4, -0.2) is 16.5 Å². The summed E-state index contributed by atoms with van der Waals surface area (Å²) >= 11 is 3.44. The van der Waals surface area contributed by atoms with E-state index in [2.05, 4.69) is 68.5 Å². The molecule has 4 heteroatoms. The zero-order valence-electron chi connectivity index (χ0n) is 11.8. The van der Waals surface area contributed by atoms with Crippen molar-refractivity contribution >= 4 is 26.7 Å². The Hall–Kier alpha value is -1.78. The highest BCUT2D eigenvalue weighted by molar-refractivity contribution is 9.10. The number of aromatic nitrogens is 2. The van der Waals surface area contributed by atoms with Gasteiger partial charge < -0.3 is 5.32 Å². The largest absolute Gasteiger partial charge is 0.305 e. The van der Waals surface area contributed by atoms with Crippen molar-refractivity contribution in [3.63, 3.8) is 0 Å². The van der Waals surface area contributed by atoms with Crippen LogP contribution >= 0.6 is 15.9 Å². The molecule has 1 aromatic carbocycles. The molecule has 0 bridgehead atoms. The van der Waals surface area contributed by atoms with E-state index in [-0.39, 0.29) is 6.04 Å². The molecule has 1 atom stereocenters. The van der Waals surface area contributed by atoms with Crippen molar-refractivity contribution in [3.05, 3.63) is 70.7 Å². The summed E-state index contributed by atoms with van der Waals surface area (Å²) in [5.41, 5.74) is 2.25. The van der Waals surface area contributed by atoms with Gasteiger partial charge in [0.25, 0.3) is 0 Å². The van der Waals surface area contributed by atoms with Crippen molar-refractivity contribution in [1.82, 2.24) is 15.3 Å². The molecule has 1 N–H and O–H groups in total. The number of nitrogens with zero attached hydrogens (tertiary/aromatic N) is 2. The van der Waals surface area contributed by atoms with Crippen LogP contribution in [0.2, 0.25) is 0 Å². The smallest absolute Gasteiger partial charge is 0.0757 e. The Labute approximate surface area is 132 Å². The maximum Gasteiger partial charge on any atom is 0.0757 e. The lowest BCUT2D eigenvalue weighted by Crippen LogP contribution is -2.23. The Balaban J connectivity index is 2.13. The van der Waals surface area contributed by atoms with Gasteiger partial charge in [-0.05, 0) is 51.6 Å². The van der Waals surface area contributed by atoms with E-state index in [9.17, 15) is 0 Å². The Morgan fingerprint density at radius 1 is 1.14 bits per heavy atom. The fraction of sp³-hybridized carbons (Fsp3) is 0.176. The third-order valence-corrected chi connectivity index (χ3v) is 3.95. The zero-order chi connectivity index (χ0) is 14.7. The normalized spacial score (nSPS) is 12.5. The van der Waals surface area contributed by atoms with Crippen molar-refractivity contribution in [2.75, 3.05) is 6.54 Å². The molecule has 0 amide bonds. The maximum atomic E-state index is 4.56. The summed E-state index contributed by atoms with van der Waals surface area (Å²) in [6.07, 6.45) is 5.58. The molecule has 0 aliphatic heterocycles. The van der Waals surface area contributed by atoms with Crippen molar-refractivity contribution in [2.24, 2.45) is 0 Å². The van der Waals surface area contributed by atoms with E-state index < -0.39 is 0 Å². The molecule has 1 unspecified atom stereocenters. The molecule has 3 aromatic rings. The molecule has 2 heterocycles. The summed E-state index contributed by atoms with van der Waals surface area (Å²) in [5, 5.41) is 5.89. The molecule has 106 valence electrons. The topological polar surface area (TPSA) is 37.8 Å². The molecule has 0 spiro atoms. The number of pyridine rings is 2. The molecule has 0 aliphatic carbocycles. The predicted octanol–water partition coefficient (Wildman–Crippen LogP) is 4.09. The fourth-order valence-electron chi connectivity index (χ4n) is 2.54. The zero-order valence-corrected chi connectivity index (χ0v) is 13.3. The molecule has 0 fully saturated rings. The van der Waals surface area contributed by atoms with Crippen LogP contribution in [-0.2, 0) is 0 Å². The van der Waals surface area contributed by atoms with E-state index >= 15 is 0 Å². The molecule has 2 aromatic heterocycles. The van der Waals surface area contributed by atoms with E-state index in [0.29, 0.717) is 0 Å². The number of hydrogen-bond donors (Lipinski definition) is 1. The van der Waals surface area contributed by atoms with Crippen LogP contribution in [0.3, 0.4) is 0 Å². The minimum Gasteiger partial charge on any atom is -0.305 e. The molecule has 0 saturated carbocycles. The predicted molar refractivity (Wildman–Crippen MR) is 89.2 cm³/mol. The second-order valence-corrected chi connectivity index (χ2v) is 5.75. The summed E-state index contributed by atoms with van der Waals surface area (Å²) in [4.78, 5) is 8.76. The van der Waals surface area contributed by atoms with Crippen LogP contribution in [0.4, 0.5) is 0 Å². The highest BCUT2D eigenvalue weighted by Gasteiger charge is 2.16. The number of benzene rings is 1. The van der Waals surface area contributed by atoms with Crippen molar-refractivity contribution in [1.29, 1.82) is 0 Å². The first-order valence-corrected chi connectivity index (χ1v) is 7.76. The molecular weight excluding hydrogens is 326 g/mol. The Morgan fingerprint density at radius 3 is 2.81 bits per heavy atom. The highest BCUT2D eigenvalue weighted by Crippen LogP contribution is 2.28. The molecule has 3 nitrogen and oxygen atoms in total. The number of halogens is 1. The Bertz CT molecular complexity index is 735. The van der Waals surface area contributed by atoms with E-state index in [1.54, 1.807) is 0 Å². The summed E-state index contributed by atoms with van der Waals surface area (Å²) in [6, 6.07) is 12.5. The molecule has 21 heavy (non-hydrogen) atoms. The van der Waals surface area contributed by atoms with E-state index in [0.717, 1.165) is 22.1 Å². The van der Waals surface area contributed by atoms with E-state index in [1.807, 2.05) is 24.7 Å². The van der Waals surface area contributed by atoms with Crippen LogP contribution in [0.1, 0.15) is 24.2 Å². The quantitative estimate of drug-likeness (QED) is 0.776. The van der Waals surface area contributed by atoms with Crippen molar-refractivity contribution in [3.8, 4) is 0 Å². The molecule has 0 radical (unpaired) electrons. The molecule has 0 aliphatic rings. The number of rotatable bonds is 4. The minimum absolute atomic E-state index is 0.0780. The van der Waals surface area contributed by atoms with Crippen LogP contribution in [0.5, 0.6) is 0 Å². The fourth-order valence-corrected chi connectivity index (χ4v) is 2.77. The van der Waals surface area contributed by atoms with Gasteiger partial charge in [-0.3, -0.25) is 9.97 Å². The first kappa shape index (κ1) is 14.2. The van der Waals surface area contributed by atoms with Crippen LogP contribution in [0.15, 0.2) is 59.5 Å². The van der Waals surface area contributed by atoms with Gasteiger partial charge in [0.1, 0.15) is 0 Å². The second kappa shape index (κ2) is 6.33. The average molecular weight is 342 g/mol. The van der Waals surface area contributed by atoms with E-state index in [1.165, 1.54) is 10.9 Å². The lowest BCUT2D eigenvalue weighted by Gasteiger charge is -2.19. The summed E-state index contributed by atoms with van der Waals surface area (Å²) < 4.78 is 0.989. The van der Waals surface area contributed by atoms with Crippen LogP contribution < -0.4 is 5.32 Å². The van der Waals surface area contributed by atoms with Crippen molar-refractivity contribution < 1.29 is 0 Å². The highest BCUT2D eigenvalue weighted by atomic mass is 79.9. The van der Waals surface area contributed by atoms with E-state index in [4.69, 9.17) is 0 Å². The van der Waals surface area contributed by atoms with Gasteiger partial charge in [-0.15, -0.1) is 0 Å². The molecule has 0 saturated heterocycles. The maximum absolute atomic E-state index is 4.56. The summed E-state index contributed by atoms with van der Waals surface area (Å²) in [6.45, 7) is 2.99. The van der Waals surface area contributed by atoms with Crippen LogP contribution in [0, 0.1) is 0 Å². The standard InChI is InChI=1S/C17H16BrN3/c1-2-20-17(16-7-6-13(18)11-21-16)15-5-3-4-12-10-19-9-8-14(12)15/h3-11,17,20H,2H2,1H3. The third kappa shape index (κ3) is 2.96. The average Bonchev–Trinajstić information content (AvgIpc) is 2.53. The first-order chi connectivity index (χ1) is 10.3. The minimum atomic E-state index is 0.0780. The third-order valence-electron chi connectivity index (χ3n) is 3.48. The second-order valence-electron chi connectivity index (χ2n) is 4.84. The molecule has 3 rings (SSSR count). The Kier molecular flexibility index (Phi) is 4.27. The molecular formula is C17H16BrN3. The van der Waals surface area contributed by atoms with Gasteiger partial charge in [-0.1, -0.05) is 25.1 Å². The summed E-state index contributed by atoms with van der Waals surface area (Å²) in [5.74, 6) is 0. The number of fused-ring (bicyclic) bond motifs is 1. The van der Waals surface area contributed by atoms with Crippen molar-refractivity contribution in [2.45, 2.75) is 13.0 Å². The SMILES string of the molecule is CCNC(c1ccc(Br)cn1)c1cccc2cnccc12. The lowest BCUT2D eigenvalue weighted by atomic mass is 9.97. The van der Waals surface area contributed by atoms with Gasteiger partial charge in [0.2, 0.25) is 0 Å². The van der Waals surface area contributed by atoms with Gasteiger partial charge in [-0.2, -0.15) is 0 Å². The van der Waals surface area contributed by atoms with Gasteiger partial charge in [-0.25, -0.2) is 0 Å². The number of nitrogens with one attached hydrogen (secondary N) is 1. The van der Waals surface area contributed by atoms with Crippen LogP contribution in [0.25, 0.3) is 10.8 Å². The Morgan fingerprint density at radius 2 is 2.05 bits per heavy atom. The first-order valence-electron chi connectivity index (χ1n) is 6.97. The number of hydrogen-bond acceptors (Lipinski definition) is 3. The van der Waals surface area contributed by atoms with Gasteiger partial charge in [0.15, 0.2) is 0 Å². The summed E-state index contributed by atoms with van der Waals surface area (Å²) in [7, 11) is 0. The van der Waals surface area contributed by atoms with Gasteiger partial charge in [0.05, 0.1) is 11.7 Å². The van der Waals surface area contributed by atoms with Gasteiger partial charge in [0, 0.05) is 28.4 Å². The monoisotopic (exact) mass is 341 g/mol.